The van der Waals surface area contributed by atoms with Crippen LogP contribution in [-0.2, 0) is 11.2 Å². The van der Waals surface area contributed by atoms with Crippen LogP contribution in [0.1, 0.15) is 17.7 Å². The molecule has 0 aliphatic carbocycles. The van der Waals surface area contributed by atoms with Crippen molar-refractivity contribution in [1.82, 2.24) is 9.78 Å². The smallest absolute Gasteiger partial charge is 0.225 e. The van der Waals surface area contributed by atoms with Gasteiger partial charge in [0.15, 0.2) is 0 Å². The van der Waals surface area contributed by atoms with E-state index in [1.807, 2.05) is 49.4 Å². The summed E-state index contributed by atoms with van der Waals surface area (Å²) in [7, 11) is 1.63. The van der Waals surface area contributed by atoms with E-state index < -0.39 is 0 Å². The van der Waals surface area contributed by atoms with Crippen LogP contribution < -0.4 is 10.1 Å². The molecule has 1 amide bonds. The monoisotopic (exact) mass is 369 g/mol. The van der Waals surface area contributed by atoms with E-state index in [1.54, 1.807) is 23.9 Å². The second-order valence-corrected chi connectivity index (χ2v) is 6.40. The molecule has 0 spiro atoms. The molecular weight excluding hydrogens is 350 g/mol. The van der Waals surface area contributed by atoms with Crippen molar-refractivity contribution in [1.29, 1.82) is 0 Å². The van der Waals surface area contributed by atoms with E-state index in [-0.39, 0.29) is 5.91 Å². The summed E-state index contributed by atoms with van der Waals surface area (Å²) in [5.41, 5.74) is 2.70. The van der Waals surface area contributed by atoms with Crippen molar-refractivity contribution in [3.63, 3.8) is 0 Å². The topological polar surface area (TPSA) is 56.1 Å². The number of aromatic nitrogens is 2. The fourth-order valence-electron chi connectivity index (χ4n) is 2.65. The van der Waals surface area contributed by atoms with E-state index >= 15 is 0 Å². The molecule has 2 aromatic carbocycles. The third-order valence-corrected chi connectivity index (χ3v) is 4.19. The fourth-order valence-corrected chi connectivity index (χ4v) is 2.83. The van der Waals surface area contributed by atoms with E-state index in [4.69, 9.17) is 16.3 Å². The minimum absolute atomic E-state index is 0.0657. The normalized spacial score (nSPS) is 10.6. The minimum Gasteiger partial charge on any atom is -0.497 e. The van der Waals surface area contributed by atoms with Crippen LogP contribution in [0.15, 0.2) is 54.6 Å². The summed E-state index contributed by atoms with van der Waals surface area (Å²) >= 11 is 6.06. The van der Waals surface area contributed by atoms with Crippen LogP contribution in [0, 0.1) is 6.92 Å². The number of carbonyl (C=O) groups excluding carboxylic acids is 1. The van der Waals surface area contributed by atoms with E-state index in [1.165, 1.54) is 0 Å². The summed E-state index contributed by atoms with van der Waals surface area (Å²) < 4.78 is 6.83. The number of ether oxygens (including phenoxy) is 1. The predicted molar refractivity (Wildman–Crippen MR) is 103 cm³/mol. The quantitative estimate of drug-likeness (QED) is 0.700. The minimum atomic E-state index is -0.0657. The Morgan fingerprint density at radius 3 is 2.65 bits per heavy atom. The van der Waals surface area contributed by atoms with Crippen molar-refractivity contribution in [3.05, 3.63) is 70.9 Å². The summed E-state index contributed by atoms with van der Waals surface area (Å²) in [5.74, 6) is 1.37. The Morgan fingerprint density at radius 2 is 1.96 bits per heavy atom. The molecule has 134 valence electrons. The molecule has 0 aliphatic heterocycles. The van der Waals surface area contributed by atoms with Crippen molar-refractivity contribution in [2.24, 2.45) is 0 Å². The summed E-state index contributed by atoms with van der Waals surface area (Å²) in [6.45, 7) is 1.88. The average molecular weight is 370 g/mol. The first-order valence-electron chi connectivity index (χ1n) is 8.30. The van der Waals surface area contributed by atoms with Gasteiger partial charge < -0.3 is 10.1 Å². The molecule has 26 heavy (non-hydrogen) atoms. The highest BCUT2D eigenvalue weighted by molar-refractivity contribution is 6.30. The van der Waals surface area contributed by atoms with Crippen LogP contribution in [0.25, 0.3) is 5.69 Å². The van der Waals surface area contributed by atoms with Gasteiger partial charge in [0.25, 0.3) is 0 Å². The molecule has 3 aromatic rings. The highest BCUT2D eigenvalue weighted by atomic mass is 35.5. The summed E-state index contributed by atoms with van der Waals surface area (Å²) in [6, 6.07) is 16.9. The van der Waals surface area contributed by atoms with Gasteiger partial charge in [0.2, 0.25) is 5.91 Å². The maximum absolute atomic E-state index is 12.4. The molecule has 1 N–H and O–H groups in total. The Kier molecular flexibility index (Phi) is 5.58. The zero-order valence-corrected chi connectivity index (χ0v) is 15.5. The number of hydrogen-bond acceptors (Lipinski definition) is 3. The van der Waals surface area contributed by atoms with Crippen molar-refractivity contribution < 1.29 is 9.53 Å². The number of halogens is 1. The Hall–Kier alpha value is -2.79. The maximum atomic E-state index is 12.4. The zero-order chi connectivity index (χ0) is 18.5. The Bertz CT molecular complexity index is 904. The molecule has 0 aliphatic rings. The van der Waals surface area contributed by atoms with Crippen molar-refractivity contribution in [3.8, 4) is 11.4 Å². The molecule has 0 radical (unpaired) electrons. The molecule has 1 heterocycles. The van der Waals surface area contributed by atoms with Gasteiger partial charge in [-0.2, -0.15) is 5.10 Å². The lowest BCUT2D eigenvalue weighted by Gasteiger charge is -2.09. The highest BCUT2D eigenvalue weighted by Gasteiger charge is 2.11. The average Bonchev–Trinajstić information content (AvgIpc) is 3.00. The standard InChI is InChI=1S/C20H20ClN3O2/c1-14-12-19(24(23-14)17-5-3-4-16(21)13-17)22-20(25)11-8-15-6-9-18(26-2)10-7-15/h3-7,9-10,12-13H,8,11H2,1-2H3,(H,22,25). The van der Waals surface area contributed by atoms with Gasteiger partial charge in [-0.25, -0.2) is 4.68 Å². The first kappa shape index (κ1) is 18.0. The molecule has 0 fully saturated rings. The van der Waals surface area contributed by atoms with Crippen LogP contribution in [0.3, 0.4) is 0 Å². The van der Waals surface area contributed by atoms with Gasteiger partial charge in [-0.15, -0.1) is 0 Å². The number of rotatable bonds is 6. The van der Waals surface area contributed by atoms with Crippen molar-refractivity contribution in [2.75, 3.05) is 12.4 Å². The Labute approximate surface area is 157 Å². The molecule has 0 saturated heterocycles. The SMILES string of the molecule is COc1ccc(CCC(=O)Nc2cc(C)nn2-c2cccc(Cl)c2)cc1. The number of amides is 1. The van der Waals surface area contributed by atoms with E-state index in [0.717, 1.165) is 22.7 Å². The number of methoxy groups -OCH3 is 1. The number of carbonyl (C=O) groups is 1. The number of aryl methyl sites for hydroxylation is 2. The van der Waals surface area contributed by atoms with Crippen LogP contribution in [-0.4, -0.2) is 22.8 Å². The molecule has 1 aromatic heterocycles. The number of nitrogens with zero attached hydrogens (tertiary/aromatic N) is 2. The summed E-state index contributed by atoms with van der Waals surface area (Å²) in [4.78, 5) is 12.4. The van der Waals surface area contributed by atoms with Gasteiger partial charge in [0, 0.05) is 17.5 Å². The van der Waals surface area contributed by atoms with Crippen molar-refractivity contribution >= 4 is 23.3 Å². The fraction of sp³-hybridized carbons (Fsp3) is 0.200. The highest BCUT2D eigenvalue weighted by Crippen LogP contribution is 2.20. The lowest BCUT2D eigenvalue weighted by molar-refractivity contribution is -0.116. The predicted octanol–water partition coefficient (Wildman–Crippen LogP) is 4.41. The number of benzene rings is 2. The summed E-state index contributed by atoms with van der Waals surface area (Å²) in [6.07, 6.45) is 1.03. The second kappa shape index (κ2) is 8.06. The third kappa shape index (κ3) is 4.43. The maximum Gasteiger partial charge on any atom is 0.225 e. The van der Waals surface area contributed by atoms with E-state index in [2.05, 4.69) is 10.4 Å². The number of nitrogens with one attached hydrogen (secondary N) is 1. The second-order valence-electron chi connectivity index (χ2n) is 5.96. The molecular formula is C20H20ClN3O2. The van der Waals surface area contributed by atoms with Gasteiger partial charge in [-0.1, -0.05) is 29.8 Å². The third-order valence-electron chi connectivity index (χ3n) is 3.95. The van der Waals surface area contributed by atoms with E-state index in [9.17, 15) is 4.79 Å². The molecule has 3 rings (SSSR count). The van der Waals surface area contributed by atoms with Gasteiger partial charge in [-0.3, -0.25) is 4.79 Å². The molecule has 0 bridgehead atoms. The van der Waals surface area contributed by atoms with Crippen molar-refractivity contribution in [2.45, 2.75) is 19.8 Å². The van der Waals surface area contributed by atoms with Gasteiger partial charge >= 0.3 is 0 Å². The number of anilines is 1. The molecule has 0 atom stereocenters. The molecule has 0 unspecified atom stereocenters. The Balaban J connectivity index is 1.67. The molecule has 5 nitrogen and oxygen atoms in total. The molecule has 0 saturated carbocycles. The van der Waals surface area contributed by atoms with Crippen LogP contribution >= 0.6 is 11.6 Å². The largest absolute Gasteiger partial charge is 0.497 e. The zero-order valence-electron chi connectivity index (χ0n) is 14.7. The lowest BCUT2D eigenvalue weighted by Crippen LogP contribution is -2.15. The first-order chi connectivity index (χ1) is 12.5. The van der Waals surface area contributed by atoms with Crippen LogP contribution in [0.2, 0.25) is 5.02 Å². The van der Waals surface area contributed by atoms with Gasteiger partial charge in [0.1, 0.15) is 11.6 Å². The van der Waals surface area contributed by atoms with Crippen LogP contribution in [0.4, 0.5) is 5.82 Å². The van der Waals surface area contributed by atoms with E-state index in [0.29, 0.717) is 23.7 Å². The molecule has 6 heteroatoms. The van der Waals surface area contributed by atoms with Gasteiger partial charge in [-0.05, 0) is 49.2 Å². The van der Waals surface area contributed by atoms with Gasteiger partial charge in [0.05, 0.1) is 18.5 Å². The number of hydrogen-bond donors (Lipinski definition) is 1. The van der Waals surface area contributed by atoms with Crippen LogP contribution in [0.5, 0.6) is 5.75 Å². The first-order valence-corrected chi connectivity index (χ1v) is 8.68. The summed E-state index contributed by atoms with van der Waals surface area (Å²) in [5, 5.41) is 8.00. The lowest BCUT2D eigenvalue weighted by atomic mass is 10.1. The Morgan fingerprint density at radius 1 is 1.19 bits per heavy atom.